The number of carbonyl (C=O) groups is 1. The van der Waals surface area contributed by atoms with Crippen molar-refractivity contribution in [3.63, 3.8) is 0 Å². The topological polar surface area (TPSA) is 58.4 Å². The standard InChI is InChI=1S/C24H25ClN4O2/c1-17-4-9-21(16-18(17)2)29-23(30)11-10-22(26-29)27-12-3-13-28(15-14-27)24(31)19-5-7-20(25)8-6-19/h4-11,16H,3,12-15H2,1-2H3. The van der Waals surface area contributed by atoms with Crippen LogP contribution in [0, 0.1) is 13.8 Å². The van der Waals surface area contributed by atoms with Crippen molar-refractivity contribution < 1.29 is 4.79 Å². The van der Waals surface area contributed by atoms with Gasteiger partial charge in [-0.25, -0.2) is 0 Å². The van der Waals surface area contributed by atoms with Crippen LogP contribution in [0.25, 0.3) is 5.69 Å². The molecule has 0 radical (unpaired) electrons. The second-order valence-electron chi connectivity index (χ2n) is 7.85. The highest BCUT2D eigenvalue weighted by Gasteiger charge is 2.21. The monoisotopic (exact) mass is 436 g/mol. The van der Waals surface area contributed by atoms with Gasteiger partial charge < -0.3 is 9.80 Å². The molecule has 1 amide bonds. The Labute approximate surface area is 186 Å². The average molecular weight is 437 g/mol. The first kappa shape index (κ1) is 21.1. The largest absolute Gasteiger partial charge is 0.353 e. The molecular weight excluding hydrogens is 412 g/mol. The molecule has 0 aliphatic carbocycles. The van der Waals surface area contributed by atoms with Gasteiger partial charge in [0.05, 0.1) is 5.69 Å². The van der Waals surface area contributed by atoms with Gasteiger partial charge in [0.15, 0.2) is 0 Å². The summed E-state index contributed by atoms with van der Waals surface area (Å²) >= 11 is 5.94. The molecule has 0 unspecified atom stereocenters. The van der Waals surface area contributed by atoms with Crippen LogP contribution < -0.4 is 10.5 Å². The molecule has 2 aromatic carbocycles. The first-order valence-corrected chi connectivity index (χ1v) is 10.8. The lowest BCUT2D eigenvalue weighted by Gasteiger charge is -2.23. The maximum Gasteiger partial charge on any atom is 0.271 e. The van der Waals surface area contributed by atoms with Gasteiger partial charge in [0.25, 0.3) is 11.5 Å². The third kappa shape index (κ3) is 4.64. The van der Waals surface area contributed by atoms with Crippen molar-refractivity contribution in [3.05, 3.63) is 86.7 Å². The Kier molecular flexibility index (Phi) is 6.09. The molecule has 3 aromatic rings. The quantitative estimate of drug-likeness (QED) is 0.625. The fourth-order valence-corrected chi connectivity index (χ4v) is 3.86. The van der Waals surface area contributed by atoms with Crippen molar-refractivity contribution in [2.75, 3.05) is 31.1 Å². The van der Waals surface area contributed by atoms with Crippen molar-refractivity contribution in [1.29, 1.82) is 0 Å². The minimum Gasteiger partial charge on any atom is -0.353 e. The van der Waals surface area contributed by atoms with Gasteiger partial charge in [0.1, 0.15) is 5.82 Å². The predicted octanol–water partition coefficient (Wildman–Crippen LogP) is 3.86. The van der Waals surface area contributed by atoms with E-state index in [4.69, 9.17) is 11.6 Å². The van der Waals surface area contributed by atoms with Crippen LogP contribution in [0.1, 0.15) is 27.9 Å². The first-order chi connectivity index (χ1) is 14.9. The highest BCUT2D eigenvalue weighted by molar-refractivity contribution is 6.30. The Morgan fingerprint density at radius 2 is 1.68 bits per heavy atom. The summed E-state index contributed by atoms with van der Waals surface area (Å²) < 4.78 is 1.45. The number of carbonyl (C=O) groups excluding carboxylic acids is 1. The molecule has 1 fully saturated rings. The molecule has 6 nitrogen and oxygen atoms in total. The highest BCUT2D eigenvalue weighted by atomic mass is 35.5. The van der Waals surface area contributed by atoms with E-state index < -0.39 is 0 Å². The Morgan fingerprint density at radius 3 is 2.42 bits per heavy atom. The zero-order valence-corrected chi connectivity index (χ0v) is 18.5. The summed E-state index contributed by atoms with van der Waals surface area (Å²) in [7, 11) is 0. The maximum absolute atomic E-state index is 12.9. The molecule has 31 heavy (non-hydrogen) atoms. The van der Waals surface area contributed by atoms with E-state index in [0.717, 1.165) is 30.0 Å². The predicted molar refractivity (Wildman–Crippen MR) is 123 cm³/mol. The van der Waals surface area contributed by atoms with Gasteiger partial charge in [-0.15, -0.1) is 5.10 Å². The summed E-state index contributed by atoms with van der Waals surface area (Å²) in [6, 6.07) is 16.2. The van der Waals surface area contributed by atoms with Crippen LogP contribution >= 0.6 is 11.6 Å². The molecule has 0 saturated carbocycles. The van der Waals surface area contributed by atoms with E-state index >= 15 is 0 Å². The van der Waals surface area contributed by atoms with Crippen LogP contribution in [-0.4, -0.2) is 46.8 Å². The summed E-state index contributed by atoms with van der Waals surface area (Å²) in [5.41, 5.74) is 3.51. The van der Waals surface area contributed by atoms with E-state index in [1.54, 1.807) is 36.4 Å². The molecule has 1 aromatic heterocycles. The molecule has 4 rings (SSSR count). The zero-order valence-electron chi connectivity index (χ0n) is 17.7. The van der Waals surface area contributed by atoms with E-state index in [1.165, 1.54) is 10.2 Å². The summed E-state index contributed by atoms with van der Waals surface area (Å²) in [4.78, 5) is 29.3. The number of hydrogen-bond acceptors (Lipinski definition) is 4. The Bertz CT molecular complexity index is 1160. The van der Waals surface area contributed by atoms with Gasteiger partial charge in [-0.3, -0.25) is 9.59 Å². The second-order valence-corrected chi connectivity index (χ2v) is 8.29. The van der Waals surface area contributed by atoms with Gasteiger partial charge in [-0.05, 0) is 73.9 Å². The summed E-state index contributed by atoms with van der Waals surface area (Å²) in [6.45, 7) is 6.75. The molecule has 0 atom stereocenters. The Balaban J connectivity index is 1.53. The molecular formula is C24H25ClN4O2. The summed E-state index contributed by atoms with van der Waals surface area (Å²) in [5.74, 6) is 0.741. The summed E-state index contributed by atoms with van der Waals surface area (Å²) in [5, 5.41) is 5.24. The smallest absolute Gasteiger partial charge is 0.271 e. The normalized spacial score (nSPS) is 14.4. The molecule has 0 bridgehead atoms. The molecule has 1 saturated heterocycles. The van der Waals surface area contributed by atoms with E-state index in [0.29, 0.717) is 30.2 Å². The number of benzene rings is 2. The highest BCUT2D eigenvalue weighted by Crippen LogP contribution is 2.17. The van der Waals surface area contributed by atoms with Crippen LogP contribution in [0.15, 0.2) is 59.4 Å². The van der Waals surface area contributed by atoms with Gasteiger partial charge in [0, 0.05) is 42.8 Å². The molecule has 2 heterocycles. The maximum atomic E-state index is 12.9. The number of hydrogen-bond donors (Lipinski definition) is 0. The third-order valence-corrected chi connectivity index (χ3v) is 5.97. The van der Waals surface area contributed by atoms with Crippen molar-refractivity contribution in [1.82, 2.24) is 14.7 Å². The van der Waals surface area contributed by atoms with Gasteiger partial charge in [-0.1, -0.05) is 17.7 Å². The molecule has 0 N–H and O–H groups in total. The van der Waals surface area contributed by atoms with E-state index in [-0.39, 0.29) is 11.5 Å². The second kappa shape index (κ2) is 8.94. The lowest BCUT2D eigenvalue weighted by Crippen LogP contribution is -2.36. The fourth-order valence-electron chi connectivity index (χ4n) is 3.74. The van der Waals surface area contributed by atoms with E-state index in [2.05, 4.69) is 10.00 Å². The zero-order chi connectivity index (χ0) is 22.0. The number of nitrogens with zero attached hydrogens (tertiary/aromatic N) is 4. The van der Waals surface area contributed by atoms with Crippen molar-refractivity contribution in [2.24, 2.45) is 0 Å². The molecule has 1 aliphatic heterocycles. The fraction of sp³-hybridized carbons (Fsp3) is 0.292. The number of halogens is 1. The van der Waals surface area contributed by atoms with Crippen LogP contribution in [0.2, 0.25) is 5.02 Å². The van der Waals surface area contributed by atoms with E-state index in [1.807, 2.05) is 36.9 Å². The lowest BCUT2D eigenvalue weighted by atomic mass is 10.1. The lowest BCUT2D eigenvalue weighted by molar-refractivity contribution is 0.0767. The SMILES string of the molecule is Cc1ccc(-n2nc(N3CCCN(C(=O)c4ccc(Cl)cc4)CC3)ccc2=O)cc1C. The molecule has 1 aliphatic rings. The Morgan fingerprint density at radius 1 is 0.903 bits per heavy atom. The van der Waals surface area contributed by atoms with E-state index in [9.17, 15) is 9.59 Å². The van der Waals surface area contributed by atoms with Gasteiger partial charge in [0.2, 0.25) is 0 Å². The van der Waals surface area contributed by atoms with Gasteiger partial charge in [-0.2, -0.15) is 4.68 Å². The Hall–Kier alpha value is -3.12. The van der Waals surface area contributed by atoms with Crippen molar-refractivity contribution in [2.45, 2.75) is 20.3 Å². The van der Waals surface area contributed by atoms with Crippen molar-refractivity contribution in [3.8, 4) is 5.69 Å². The van der Waals surface area contributed by atoms with Crippen LogP contribution in [0.4, 0.5) is 5.82 Å². The summed E-state index contributed by atoms with van der Waals surface area (Å²) in [6.07, 6.45) is 0.823. The number of rotatable bonds is 3. The molecule has 7 heteroatoms. The van der Waals surface area contributed by atoms with Crippen molar-refractivity contribution >= 4 is 23.3 Å². The number of aromatic nitrogens is 2. The molecule has 0 spiro atoms. The number of amides is 1. The van der Waals surface area contributed by atoms with Crippen LogP contribution in [0.5, 0.6) is 0 Å². The minimum atomic E-state index is -0.165. The minimum absolute atomic E-state index is 0.00609. The third-order valence-electron chi connectivity index (χ3n) is 5.72. The number of anilines is 1. The number of aryl methyl sites for hydroxylation is 2. The van der Waals surface area contributed by atoms with Crippen LogP contribution in [-0.2, 0) is 0 Å². The molecule has 160 valence electrons. The van der Waals surface area contributed by atoms with Crippen LogP contribution in [0.3, 0.4) is 0 Å². The first-order valence-electron chi connectivity index (χ1n) is 10.4. The average Bonchev–Trinajstić information content (AvgIpc) is 3.02. The van der Waals surface area contributed by atoms with Gasteiger partial charge >= 0.3 is 0 Å².